The molecule has 0 aliphatic carbocycles. The number of aryl methyl sites for hydroxylation is 1. The van der Waals surface area contributed by atoms with Crippen molar-refractivity contribution >= 4 is 44.3 Å². The number of anilines is 1. The summed E-state index contributed by atoms with van der Waals surface area (Å²) in [5, 5.41) is 0.720. The molecular formula is C16H15BrClN3. The Kier molecular flexibility index (Phi) is 3.91. The van der Waals surface area contributed by atoms with Crippen molar-refractivity contribution in [3.05, 3.63) is 45.9 Å². The van der Waals surface area contributed by atoms with Crippen LogP contribution in [0, 0.1) is 0 Å². The van der Waals surface area contributed by atoms with Gasteiger partial charge in [-0.25, -0.2) is 4.98 Å². The molecule has 0 saturated heterocycles. The lowest BCUT2D eigenvalue weighted by molar-refractivity contribution is 0.704. The number of hydrogen-bond donors (Lipinski definition) is 1. The van der Waals surface area contributed by atoms with E-state index in [1.165, 1.54) is 0 Å². The van der Waals surface area contributed by atoms with Gasteiger partial charge in [0.1, 0.15) is 5.82 Å². The Balaban J connectivity index is 2.30. The van der Waals surface area contributed by atoms with Gasteiger partial charge >= 0.3 is 0 Å². The van der Waals surface area contributed by atoms with Crippen LogP contribution in [0.3, 0.4) is 0 Å². The molecule has 2 N–H and O–H groups in total. The minimum Gasteiger partial charge on any atom is -0.399 e. The summed E-state index contributed by atoms with van der Waals surface area (Å²) in [5.41, 5.74) is 9.64. The fourth-order valence-electron chi connectivity index (χ4n) is 2.47. The molecule has 0 aliphatic rings. The van der Waals surface area contributed by atoms with Crippen LogP contribution in [0.1, 0.15) is 13.3 Å². The monoisotopic (exact) mass is 363 g/mol. The molecule has 1 heterocycles. The summed E-state index contributed by atoms with van der Waals surface area (Å²) < 4.78 is 3.18. The van der Waals surface area contributed by atoms with Gasteiger partial charge < -0.3 is 10.3 Å². The number of benzene rings is 2. The Bertz CT molecular complexity index is 811. The maximum atomic E-state index is 6.13. The summed E-state index contributed by atoms with van der Waals surface area (Å²) >= 11 is 9.72. The van der Waals surface area contributed by atoms with E-state index < -0.39 is 0 Å². The number of nitrogens with two attached hydrogens (primary N) is 1. The highest BCUT2D eigenvalue weighted by Crippen LogP contribution is 2.33. The molecule has 2 aromatic carbocycles. The van der Waals surface area contributed by atoms with Gasteiger partial charge in [-0.1, -0.05) is 34.5 Å². The predicted octanol–water partition coefficient (Wildman–Crippen LogP) is 5.11. The van der Waals surface area contributed by atoms with Crippen LogP contribution in [0.25, 0.3) is 22.4 Å². The molecule has 1 aromatic heterocycles. The molecule has 0 bridgehead atoms. The minimum absolute atomic E-state index is 0.720. The van der Waals surface area contributed by atoms with Gasteiger partial charge in [-0.2, -0.15) is 0 Å². The predicted molar refractivity (Wildman–Crippen MR) is 92.6 cm³/mol. The Hall–Kier alpha value is -1.52. The quantitative estimate of drug-likeness (QED) is 0.656. The van der Waals surface area contributed by atoms with Crippen LogP contribution in [-0.4, -0.2) is 9.55 Å². The Morgan fingerprint density at radius 3 is 2.81 bits per heavy atom. The van der Waals surface area contributed by atoms with Crippen molar-refractivity contribution in [3.8, 4) is 11.4 Å². The molecule has 0 radical (unpaired) electrons. The van der Waals surface area contributed by atoms with Gasteiger partial charge in [0.2, 0.25) is 0 Å². The molecule has 0 atom stereocenters. The van der Waals surface area contributed by atoms with E-state index in [1.807, 2.05) is 36.4 Å². The number of halogens is 2. The maximum absolute atomic E-state index is 6.13. The first kappa shape index (κ1) is 14.4. The summed E-state index contributed by atoms with van der Waals surface area (Å²) in [6.45, 7) is 3.03. The fourth-order valence-corrected chi connectivity index (χ4v) is 3.06. The first-order chi connectivity index (χ1) is 10.1. The molecule has 0 saturated carbocycles. The topological polar surface area (TPSA) is 43.8 Å². The molecule has 3 aromatic rings. The van der Waals surface area contributed by atoms with E-state index >= 15 is 0 Å². The summed E-state index contributed by atoms with van der Waals surface area (Å²) in [5.74, 6) is 0.910. The van der Waals surface area contributed by atoms with Gasteiger partial charge in [-0.15, -0.1) is 0 Å². The highest BCUT2D eigenvalue weighted by Gasteiger charge is 2.15. The number of nitrogen functional groups attached to an aromatic ring is 1. The number of rotatable bonds is 3. The zero-order chi connectivity index (χ0) is 15.0. The molecule has 0 spiro atoms. The molecule has 3 nitrogen and oxygen atoms in total. The molecule has 0 fully saturated rings. The van der Waals surface area contributed by atoms with Gasteiger partial charge in [0, 0.05) is 27.3 Å². The van der Waals surface area contributed by atoms with Crippen molar-refractivity contribution < 1.29 is 0 Å². The first-order valence-corrected chi connectivity index (χ1v) is 7.98. The normalized spacial score (nSPS) is 11.2. The van der Waals surface area contributed by atoms with Crippen LogP contribution < -0.4 is 5.73 Å². The highest BCUT2D eigenvalue weighted by molar-refractivity contribution is 9.10. The van der Waals surface area contributed by atoms with E-state index in [9.17, 15) is 0 Å². The second kappa shape index (κ2) is 5.70. The lowest BCUT2D eigenvalue weighted by Gasteiger charge is -2.10. The number of imidazole rings is 1. The molecular weight excluding hydrogens is 350 g/mol. The SMILES string of the molecule is CCCn1c(-c2cc(N)ccc2Br)nc2ccc(Cl)cc21. The average molecular weight is 365 g/mol. The minimum atomic E-state index is 0.720. The van der Waals surface area contributed by atoms with Gasteiger partial charge in [-0.3, -0.25) is 0 Å². The van der Waals surface area contributed by atoms with E-state index in [4.69, 9.17) is 22.3 Å². The van der Waals surface area contributed by atoms with Crippen molar-refractivity contribution in [3.63, 3.8) is 0 Å². The molecule has 0 aliphatic heterocycles. The molecule has 21 heavy (non-hydrogen) atoms. The van der Waals surface area contributed by atoms with E-state index in [1.54, 1.807) is 0 Å². The van der Waals surface area contributed by atoms with Crippen molar-refractivity contribution in [2.75, 3.05) is 5.73 Å². The number of fused-ring (bicyclic) bond motifs is 1. The number of hydrogen-bond acceptors (Lipinski definition) is 2. The Labute approximate surface area is 136 Å². The smallest absolute Gasteiger partial charge is 0.142 e. The van der Waals surface area contributed by atoms with E-state index in [0.29, 0.717) is 0 Å². The third kappa shape index (κ3) is 2.65. The van der Waals surface area contributed by atoms with Gasteiger partial charge in [-0.05, 0) is 42.8 Å². The fraction of sp³-hybridized carbons (Fsp3) is 0.188. The van der Waals surface area contributed by atoms with Gasteiger partial charge in [0.05, 0.1) is 11.0 Å². The molecule has 108 valence electrons. The summed E-state index contributed by atoms with van der Waals surface area (Å²) in [6.07, 6.45) is 1.02. The molecule has 0 amide bonds. The largest absolute Gasteiger partial charge is 0.399 e. The zero-order valence-corrected chi connectivity index (χ0v) is 13.9. The van der Waals surface area contributed by atoms with Crippen LogP contribution in [0.4, 0.5) is 5.69 Å². The van der Waals surface area contributed by atoms with Gasteiger partial charge in [0.25, 0.3) is 0 Å². The Morgan fingerprint density at radius 2 is 2.05 bits per heavy atom. The standard InChI is InChI=1S/C16H15BrClN3/c1-2-7-21-15-8-10(18)3-6-14(15)20-16(21)12-9-11(19)4-5-13(12)17/h3-6,8-9H,2,7,19H2,1H3. The van der Waals surface area contributed by atoms with E-state index in [-0.39, 0.29) is 0 Å². The first-order valence-electron chi connectivity index (χ1n) is 6.81. The van der Waals surface area contributed by atoms with E-state index in [0.717, 1.165) is 50.6 Å². The van der Waals surface area contributed by atoms with Crippen LogP contribution >= 0.6 is 27.5 Å². The molecule has 5 heteroatoms. The third-order valence-corrected chi connectivity index (χ3v) is 4.32. The Morgan fingerprint density at radius 1 is 1.24 bits per heavy atom. The van der Waals surface area contributed by atoms with Gasteiger partial charge in [0.15, 0.2) is 0 Å². The number of aromatic nitrogens is 2. The highest BCUT2D eigenvalue weighted by atomic mass is 79.9. The van der Waals surface area contributed by atoms with Crippen molar-refractivity contribution in [2.24, 2.45) is 0 Å². The maximum Gasteiger partial charge on any atom is 0.142 e. The third-order valence-electron chi connectivity index (χ3n) is 3.39. The van der Waals surface area contributed by atoms with Crippen LogP contribution in [-0.2, 0) is 6.54 Å². The summed E-state index contributed by atoms with van der Waals surface area (Å²) in [4.78, 5) is 4.76. The number of nitrogens with zero attached hydrogens (tertiary/aromatic N) is 2. The van der Waals surface area contributed by atoms with Crippen LogP contribution in [0.15, 0.2) is 40.9 Å². The van der Waals surface area contributed by atoms with Crippen LogP contribution in [0.2, 0.25) is 5.02 Å². The second-order valence-electron chi connectivity index (χ2n) is 4.96. The zero-order valence-electron chi connectivity index (χ0n) is 11.6. The van der Waals surface area contributed by atoms with Crippen molar-refractivity contribution in [1.29, 1.82) is 0 Å². The van der Waals surface area contributed by atoms with E-state index in [2.05, 4.69) is 27.4 Å². The second-order valence-corrected chi connectivity index (χ2v) is 6.25. The van der Waals surface area contributed by atoms with Crippen molar-refractivity contribution in [2.45, 2.75) is 19.9 Å². The average Bonchev–Trinajstić information content (AvgIpc) is 2.80. The van der Waals surface area contributed by atoms with Crippen LogP contribution in [0.5, 0.6) is 0 Å². The molecule has 0 unspecified atom stereocenters. The lowest BCUT2D eigenvalue weighted by atomic mass is 10.2. The summed E-state index contributed by atoms with van der Waals surface area (Å²) in [6, 6.07) is 11.5. The van der Waals surface area contributed by atoms with Crippen molar-refractivity contribution in [1.82, 2.24) is 9.55 Å². The summed E-state index contributed by atoms with van der Waals surface area (Å²) in [7, 11) is 0. The molecule has 3 rings (SSSR count). The lowest BCUT2D eigenvalue weighted by Crippen LogP contribution is -2.00.